The average Bonchev–Trinajstić information content (AvgIpc) is 3.18. The molecule has 0 aromatic carbocycles. The molecule has 0 radical (unpaired) electrons. The number of carbonyl (C=O) groups excluding carboxylic acids is 4. The maximum atomic E-state index is 12.4. The van der Waals surface area contributed by atoms with Gasteiger partial charge in [0.25, 0.3) is 0 Å². The molecule has 58 heavy (non-hydrogen) atoms. The standard InChI is InChI=1S/C36H70N4O18/c1-29(34(43)39-30(2)35(44)40-31(36(45)46)28-32(37)41)38-33(42)4-5-48-8-9-50-12-13-52-16-17-54-20-21-56-24-25-58-27-26-57-23-22-55-19-18-53-15-14-51-11-10-49-7-6-47-3/h29-31,36,45-46H,4-28H2,1-3H3,(H2,37,41)(H,38,42)(H,39,43)(H,40,44)/t29-,30-,31-/m0/s1. The molecule has 22 nitrogen and oxygen atoms in total. The number of nitrogens with one attached hydrogen (secondary N) is 3. The first-order valence-corrected chi connectivity index (χ1v) is 19.5. The van der Waals surface area contributed by atoms with Gasteiger partial charge in [-0.2, -0.15) is 0 Å². The fourth-order valence-electron chi connectivity index (χ4n) is 4.15. The van der Waals surface area contributed by atoms with Crippen LogP contribution in [0.15, 0.2) is 0 Å². The summed E-state index contributed by atoms with van der Waals surface area (Å²) in [5.74, 6) is -2.71. The Kier molecular flexibility index (Phi) is 39.2. The van der Waals surface area contributed by atoms with E-state index < -0.39 is 54.5 Å². The van der Waals surface area contributed by atoms with Gasteiger partial charge in [-0.05, 0) is 13.8 Å². The lowest BCUT2D eigenvalue weighted by Crippen LogP contribution is -2.55. The fraction of sp³-hybridized carbons (Fsp3) is 0.889. The van der Waals surface area contributed by atoms with Crippen molar-refractivity contribution in [1.29, 1.82) is 0 Å². The highest BCUT2D eigenvalue weighted by Gasteiger charge is 2.26. The molecule has 4 amide bonds. The molecule has 0 saturated carbocycles. The normalized spacial score (nSPS) is 13.0. The third-order valence-electron chi connectivity index (χ3n) is 7.26. The summed E-state index contributed by atoms with van der Waals surface area (Å²) < 4.78 is 64.6. The van der Waals surface area contributed by atoms with Gasteiger partial charge in [0.2, 0.25) is 23.6 Å². The molecule has 0 heterocycles. The van der Waals surface area contributed by atoms with Crippen molar-refractivity contribution in [2.45, 2.75) is 51.1 Å². The van der Waals surface area contributed by atoms with Gasteiger partial charge in [0.1, 0.15) is 12.1 Å². The van der Waals surface area contributed by atoms with E-state index in [1.54, 1.807) is 7.11 Å². The number of rotatable bonds is 44. The summed E-state index contributed by atoms with van der Waals surface area (Å²) in [6.07, 6.45) is -2.53. The first-order valence-electron chi connectivity index (χ1n) is 19.5. The Bertz CT molecular complexity index is 1000. The molecule has 0 aliphatic rings. The first-order chi connectivity index (χ1) is 28.1. The van der Waals surface area contributed by atoms with E-state index in [-0.39, 0.29) is 19.6 Å². The van der Waals surface area contributed by atoms with Crippen LogP contribution in [-0.4, -0.2) is 217 Å². The molecule has 0 aromatic heterocycles. The minimum atomic E-state index is -2.03. The number of carbonyl (C=O) groups is 4. The molecule has 0 aromatic rings. The molecular weight excluding hydrogens is 776 g/mol. The summed E-state index contributed by atoms with van der Waals surface area (Å²) in [6.45, 7) is 12.9. The predicted octanol–water partition coefficient (Wildman–Crippen LogP) is -3.11. The molecule has 0 aliphatic heterocycles. The monoisotopic (exact) mass is 846 g/mol. The summed E-state index contributed by atoms with van der Waals surface area (Å²) in [6, 6.07) is -3.40. The van der Waals surface area contributed by atoms with Crippen LogP contribution in [0.1, 0.15) is 26.7 Å². The molecule has 3 atom stereocenters. The van der Waals surface area contributed by atoms with Gasteiger partial charge in [0.15, 0.2) is 6.29 Å². The third-order valence-corrected chi connectivity index (χ3v) is 7.26. The van der Waals surface area contributed by atoms with E-state index in [1.807, 2.05) is 0 Å². The average molecular weight is 847 g/mol. The Morgan fingerprint density at radius 3 is 1.02 bits per heavy atom. The summed E-state index contributed by atoms with van der Waals surface area (Å²) in [5, 5.41) is 25.7. The lowest BCUT2D eigenvalue weighted by molar-refractivity contribution is -0.135. The number of amides is 4. The molecule has 22 heteroatoms. The summed E-state index contributed by atoms with van der Waals surface area (Å²) >= 11 is 0. The second-order valence-electron chi connectivity index (χ2n) is 12.2. The van der Waals surface area contributed by atoms with Crippen molar-refractivity contribution in [1.82, 2.24) is 16.0 Å². The number of hydrogen-bond acceptors (Lipinski definition) is 18. The third kappa shape index (κ3) is 37.6. The van der Waals surface area contributed by atoms with Crippen LogP contribution in [-0.2, 0) is 76.0 Å². The Morgan fingerprint density at radius 2 is 0.724 bits per heavy atom. The lowest BCUT2D eigenvalue weighted by atomic mass is 10.1. The zero-order valence-corrected chi connectivity index (χ0v) is 34.5. The fourth-order valence-corrected chi connectivity index (χ4v) is 4.15. The Balaban J connectivity index is 3.43. The molecule has 0 aliphatic carbocycles. The van der Waals surface area contributed by atoms with Crippen molar-refractivity contribution in [2.75, 3.05) is 159 Å². The summed E-state index contributed by atoms with van der Waals surface area (Å²) in [7, 11) is 1.63. The number of aliphatic hydroxyl groups excluding tert-OH is 1. The highest BCUT2D eigenvalue weighted by Crippen LogP contribution is 1.98. The van der Waals surface area contributed by atoms with Gasteiger partial charge in [0.05, 0.1) is 164 Å². The topological polar surface area (TPSA) is 282 Å². The minimum Gasteiger partial charge on any atom is -0.382 e. The lowest BCUT2D eigenvalue weighted by Gasteiger charge is -2.23. The first kappa shape index (κ1) is 55.3. The van der Waals surface area contributed by atoms with E-state index in [9.17, 15) is 29.4 Å². The SMILES string of the molecule is COCCOCCOCCOCCOCCOCCOCCOCCOCCOCCOCCOCCC(=O)N[C@@H](C)C(=O)N[C@@H](C)C(=O)N[C@@H](CC(N)=O)C(O)O. The molecular formula is C36H70N4O18. The van der Waals surface area contributed by atoms with E-state index in [2.05, 4.69) is 16.0 Å². The highest BCUT2D eigenvalue weighted by atomic mass is 16.6. The molecule has 0 saturated heterocycles. The maximum absolute atomic E-state index is 12.4. The number of hydrogen-bond donors (Lipinski definition) is 6. The van der Waals surface area contributed by atoms with Crippen molar-refractivity contribution in [3.8, 4) is 0 Å². The molecule has 0 bridgehead atoms. The van der Waals surface area contributed by atoms with Crippen molar-refractivity contribution in [3.05, 3.63) is 0 Å². The quantitative estimate of drug-likeness (QED) is 0.0261. The van der Waals surface area contributed by atoms with Crippen LogP contribution < -0.4 is 21.7 Å². The van der Waals surface area contributed by atoms with Crippen LogP contribution in [0.2, 0.25) is 0 Å². The molecule has 7 N–H and O–H groups in total. The number of ether oxygens (including phenoxy) is 12. The minimum absolute atomic E-state index is 0.00405. The number of nitrogens with two attached hydrogens (primary N) is 1. The van der Waals surface area contributed by atoms with Crippen molar-refractivity contribution >= 4 is 23.6 Å². The van der Waals surface area contributed by atoms with E-state index >= 15 is 0 Å². The van der Waals surface area contributed by atoms with Gasteiger partial charge < -0.3 is 88.7 Å². The van der Waals surface area contributed by atoms with Crippen LogP contribution >= 0.6 is 0 Å². The summed E-state index contributed by atoms with van der Waals surface area (Å²) in [5.41, 5.74) is 5.03. The number of primary amides is 1. The van der Waals surface area contributed by atoms with Crippen LogP contribution in [0.5, 0.6) is 0 Å². The van der Waals surface area contributed by atoms with Gasteiger partial charge in [-0.3, -0.25) is 19.2 Å². The van der Waals surface area contributed by atoms with E-state index in [0.29, 0.717) is 139 Å². The summed E-state index contributed by atoms with van der Waals surface area (Å²) in [4.78, 5) is 47.8. The maximum Gasteiger partial charge on any atom is 0.242 e. The predicted molar refractivity (Wildman–Crippen MR) is 205 cm³/mol. The van der Waals surface area contributed by atoms with Gasteiger partial charge >= 0.3 is 0 Å². The van der Waals surface area contributed by atoms with Gasteiger partial charge in [-0.25, -0.2) is 0 Å². The second-order valence-corrected chi connectivity index (χ2v) is 12.2. The Labute approximate surface area is 341 Å². The van der Waals surface area contributed by atoms with Gasteiger partial charge in [0, 0.05) is 13.5 Å². The Morgan fingerprint density at radius 1 is 0.448 bits per heavy atom. The second kappa shape index (κ2) is 41.1. The van der Waals surface area contributed by atoms with E-state index in [4.69, 9.17) is 62.6 Å². The highest BCUT2D eigenvalue weighted by molar-refractivity contribution is 5.91. The van der Waals surface area contributed by atoms with Crippen molar-refractivity contribution < 1.29 is 86.2 Å². The number of methoxy groups -OCH3 is 1. The zero-order chi connectivity index (χ0) is 42.9. The molecule has 0 unspecified atom stereocenters. The van der Waals surface area contributed by atoms with Crippen LogP contribution in [0.4, 0.5) is 0 Å². The number of aliphatic hydroxyl groups is 2. The van der Waals surface area contributed by atoms with Gasteiger partial charge in [-0.15, -0.1) is 0 Å². The largest absolute Gasteiger partial charge is 0.382 e. The molecule has 342 valence electrons. The van der Waals surface area contributed by atoms with Crippen molar-refractivity contribution in [2.24, 2.45) is 5.73 Å². The molecule has 0 spiro atoms. The molecule has 0 rings (SSSR count). The van der Waals surface area contributed by atoms with Crippen LogP contribution in [0.3, 0.4) is 0 Å². The van der Waals surface area contributed by atoms with E-state index in [1.165, 1.54) is 13.8 Å². The van der Waals surface area contributed by atoms with Crippen LogP contribution in [0.25, 0.3) is 0 Å². The molecule has 0 fully saturated rings. The smallest absolute Gasteiger partial charge is 0.242 e. The van der Waals surface area contributed by atoms with Gasteiger partial charge in [-0.1, -0.05) is 0 Å². The zero-order valence-electron chi connectivity index (χ0n) is 34.5. The Hall–Kier alpha value is -2.68. The van der Waals surface area contributed by atoms with Crippen molar-refractivity contribution in [3.63, 3.8) is 0 Å². The van der Waals surface area contributed by atoms with Crippen LogP contribution in [0, 0.1) is 0 Å². The van der Waals surface area contributed by atoms with E-state index in [0.717, 1.165) is 0 Å².